The Balaban J connectivity index is 1.65. The normalized spacial score (nSPS) is 17.9. The van der Waals surface area contributed by atoms with Crippen molar-refractivity contribution in [3.63, 3.8) is 0 Å². The Morgan fingerprint density at radius 2 is 2.27 bits per heavy atom. The Labute approximate surface area is 94.1 Å². The first-order chi connectivity index (χ1) is 7.34. The Morgan fingerprint density at radius 3 is 2.93 bits per heavy atom. The highest BCUT2D eigenvalue weighted by atomic mass is 32.1. The van der Waals surface area contributed by atoms with E-state index in [-0.39, 0.29) is 0 Å². The van der Waals surface area contributed by atoms with Gasteiger partial charge in [0.05, 0.1) is 0 Å². The lowest BCUT2D eigenvalue weighted by molar-refractivity contribution is 0.249. The van der Waals surface area contributed by atoms with Gasteiger partial charge in [0.1, 0.15) is 5.82 Å². The fraction of sp³-hybridized carbons (Fsp3) is 0.778. The molecule has 5 nitrogen and oxygen atoms in total. The number of aryl methyl sites for hydroxylation is 1. The summed E-state index contributed by atoms with van der Waals surface area (Å²) in [5.41, 5.74) is 0. The molecule has 6 heteroatoms. The molecule has 1 aromatic rings. The van der Waals surface area contributed by atoms with E-state index in [2.05, 4.69) is 24.9 Å². The monoisotopic (exact) mass is 227 g/mol. The molecule has 84 valence electrons. The summed E-state index contributed by atoms with van der Waals surface area (Å²) >= 11 is 1.43. The first-order valence-corrected chi connectivity index (χ1v) is 6.09. The third-order valence-corrected chi connectivity index (χ3v) is 3.21. The second-order valence-electron chi connectivity index (χ2n) is 3.67. The average molecular weight is 227 g/mol. The van der Waals surface area contributed by atoms with Crippen LogP contribution in [0.25, 0.3) is 0 Å². The zero-order valence-electron chi connectivity index (χ0n) is 8.99. The number of nitrogens with zero attached hydrogens (tertiary/aromatic N) is 3. The standard InChI is InChI=1S/C9H17N5S/c1-8-12-9(15-13-8)11-4-7-14-5-2-10-3-6-14/h10H,2-7H2,1H3,(H,11,12,13). The molecule has 1 saturated heterocycles. The molecule has 0 radical (unpaired) electrons. The smallest absolute Gasteiger partial charge is 0.202 e. The fourth-order valence-electron chi connectivity index (χ4n) is 1.62. The minimum Gasteiger partial charge on any atom is -0.359 e. The van der Waals surface area contributed by atoms with E-state index in [1.54, 1.807) is 0 Å². The van der Waals surface area contributed by atoms with Crippen molar-refractivity contribution in [1.82, 2.24) is 19.6 Å². The van der Waals surface area contributed by atoms with Crippen LogP contribution in [0.1, 0.15) is 5.82 Å². The Kier molecular flexibility index (Phi) is 3.87. The lowest BCUT2D eigenvalue weighted by atomic mass is 10.3. The predicted octanol–water partition coefficient (Wildman–Crippen LogP) is 0.164. The first kappa shape index (κ1) is 10.8. The van der Waals surface area contributed by atoms with Gasteiger partial charge < -0.3 is 10.6 Å². The van der Waals surface area contributed by atoms with Crippen LogP contribution in [0, 0.1) is 6.92 Å². The largest absolute Gasteiger partial charge is 0.359 e. The van der Waals surface area contributed by atoms with Crippen molar-refractivity contribution < 1.29 is 0 Å². The van der Waals surface area contributed by atoms with Gasteiger partial charge in [-0.15, -0.1) is 0 Å². The number of nitrogens with one attached hydrogen (secondary N) is 2. The molecule has 0 saturated carbocycles. The second-order valence-corrected chi connectivity index (χ2v) is 4.42. The van der Waals surface area contributed by atoms with E-state index in [1.807, 2.05) is 6.92 Å². The summed E-state index contributed by atoms with van der Waals surface area (Å²) in [5, 5.41) is 7.57. The molecule has 1 aliphatic rings. The summed E-state index contributed by atoms with van der Waals surface area (Å²) in [5.74, 6) is 0.852. The maximum Gasteiger partial charge on any atom is 0.202 e. The number of anilines is 1. The van der Waals surface area contributed by atoms with Gasteiger partial charge in [-0.1, -0.05) is 0 Å². The predicted molar refractivity (Wildman–Crippen MR) is 62.4 cm³/mol. The van der Waals surface area contributed by atoms with Gasteiger partial charge in [-0.05, 0) is 6.92 Å². The molecule has 1 fully saturated rings. The van der Waals surface area contributed by atoms with Crippen molar-refractivity contribution in [3.8, 4) is 0 Å². The highest BCUT2D eigenvalue weighted by molar-refractivity contribution is 7.09. The van der Waals surface area contributed by atoms with Crippen LogP contribution in [0.15, 0.2) is 0 Å². The van der Waals surface area contributed by atoms with Crippen LogP contribution >= 0.6 is 11.5 Å². The minimum absolute atomic E-state index is 0.852. The number of aromatic nitrogens is 2. The fourth-order valence-corrected chi connectivity index (χ4v) is 2.22. The van der Waals surface area contributed by atoms with E-state index in [1.165, 1.54) is 11.5 Å². The molecule has 1 aliphatic heterocycles. The molecule has 2 N–H and O–H groups in total. The molecule has 0 aromatic carbocycles. The molecular weight excluding hydrogens is 210 g/mol. The summed E-state index contributed by atoms with van der Waals surface area (Å²) in [6.45, 7) is 8.47. The van der Waals surface area contributed by atoms with Gasteiger partial charge in [-0.3, -0.25) is 4.90 Å². The van der Waals surface area contributed by atoms with Crippen LogP contribution in [-0.4, -0.2) is 53.5 Å². The molecule has 0 spiro atoms. The van der Waals surface area contributed by atoms with Gasteiger partial charge in [-0.2, -0.15) is 4.37 Å². The molecule has 0 atom stereocenters. The van der Waals surface area contributed by atoms with Gasteiger partial charge in [0.15, 0.2) is 0 Å². The van der Waals surface area contributed by atoms with Gasteiger partial charge in [0.2, 0.25) is 5.13 Å². The third-order valence-electron chi connectivity index (χ3n) is 2.44. The Bertz CT molecular complexity index is 294. The van der Waals surface area contributed by atoms with Gasteiger partial charge in [-0.25, -0.2) is 4.98 Å². The molecule has 15 heavy (non-hydrogen) atoms. The van der Waals surface area contributed by atoms with Crippen LogP contribution in [0.5, 0.6) is 0 Å². The van der Waals surface area contributed by atoms with E-state index in [0.29, 0.717) is 0 Å². The summed E-state index contributed by atoms with van der Waals surface area (Å²) < 4.78 is 4.13. The first-order valence-electron chi connectivity index (χ1n) is 5.32. The average Bonchev–Trinajstić information content (AvgIpc) is 2.66. The number of rotatable bonds is 4. The van der Waals surface area contributed by atoms with Crippen LogP contribution in [0.3, 0.4) is 0 Å². The number of hydrogen-bond donors (Lipinski definition) is 2. The van der Waals surface area contributed by atoms with Crippen LogP contribution in [0.4, 0.5) is 5.13 Å². The SMILES string of the molecule is Cc1nsc(NCCN2CCNCC2)n1. The van der Waals surface area contributed by atoms with Crippen LogP contribution in [0.2, 0.25) is 0 Å². The zero-order valence-corrected chi connectivity index (χ0v) is 9.81. The topological polar surface area (TPSA) is 53.1 Å². The van der Waals surface area contributed by atoms with Crippen molar-refractivity contribution in [2.45, 2.75) is 6.92 Å². The van der Waals surface area contributed by atoms with Crippen molar-refractivity contribution >= 4 is 16.7 Å². The highest BCUT2D eigenvalue weighted by Crippen LogP contribution is 2.09. The van der Waals surface area contributed by atoms with Crippen molar-refractivity contribution in [1.29, 1.82) is 0 Å². The van der Waals surface area contributed by atoms with E-state index < -0.39 is 0 Å². The summed E-state index contributed by atoms with van der Waals surface area (Å²) in [7, 11) is 0. The molecule has 0 aliphatic carbocycles. The lowest BCUT2D eigenvalue weighted by Gasteiger charge is -2.26. The highest BCUT2D eigenvalue weighted by Gasteiger charge is 2.08. The van der Waals surface area contributed by atoms with Gasteiger partial charge in [0.25, 0.3) is 0 Å². The summed E-state index contributed by atoms with van der Waals surface area (Å²) in [6.07, 6.45) is 0. The van der Waals surface area contributed by atoms with E-state index in [0.717, 1.165) is 50.2 Å². The summed E-state index contributed by atoms with van der Waals surface area (Å²) in [4.78, 5) is 6.71. The zero-order chi connectivity index (χ0) is 10.5. The molecule has 2 rings (SSSR count). The second kappa shape index (κ2) is 5.39. The molecule has 0 unspecified atom stereocenters. The summed E-state index contributed by atoms with van der Waals surface area (Å²) in [6, 6.07) is 0. The van der Waals surface area contributed by atoms with E-state index in [9.17, 15) is 0 Å². The maximum absolute atomic E-state index is 4.26. The van der Waals surface area contributed by atoms with Crippen LogP contribution < -0.4 is 10.6 Å². The van der Waals surface area contributed by atoms with E-state index >= 15 is 0 Å². The minimum atomic E-state index is 0.852. The lowest BCUT2D eigenvalue weighted by Crippen LogP contribution is -2.45. The van der Waals surface area contributed by atoms with Crippen molar-refractivity contribution in [2.24, 2.45) is 0 Å². The Hall–Kier alpha value is -0.720. The number of hydrogen-bond acceptors (Lipinski definition) is 6. The molecule has 1 aromatic heterocycles. The Morgan fingerprint density at radius 1 is 1.47 bits per heavy atom. The molecule has 0 amide bonds. The van der Waals surface area contributed by atoms with Gasteiger partial charge >= 0.3 is 0 Å². The van der Waals surface area contributed by atoms with Crippen LogP contribution in [-0.2, 0) is 0 Å². The quantitative estimate of drug-likeness (QED) is 0.767. The molecule has 2 heterocycles. The third kappa shape index (κ3) is 3.40. The van der Waals surface area contributed by atoms with Crippen molar-refractivity contribution in [2.75, 3.05) is 44.6 Å². The maximum atomic E-state index is 4.26. The number of piperazine rings is 1. The van der Waals surface area contributed by atoms with E-state index in [4.69, 9.17) is 0 Å². The van der Waals surface area contributed by atoms with Crippen molar-refractivity contribution in [3.05, 3.63) is 5.82 Å². The van der Waals surface area contributed by atoms with Gasteiger partial charge in [0, 0.05) is 50.8 Å². The molecular formula is C9H17N5S. The molecule has 0 bridgehead atoms.